The van der Waals surface area contributed by atoms with Crippen LogP contribution in [0.3, 0.4) is 0 Å². The minimum Gasteiger partial charge on any atom is -0.341 e. The Kier molecular flexibility index (Phi) is 7.10. The molecule has 1 aromatic heterocycles. The van der Waals surface area contributed by atoms with Crippen molar-refractivity contribution < 1.29 is 14.4 Å². The van der Waals surface area contributed by atoms with Crippen molar-refractivity contribution in [3.05, 3.63) is 99.7 Å². The van der Waals surface area contributed by atoms with Crippen LogP contribution in [0.25, 0.3) is 10.9 Å². The molecule has 0 unspecified atom stereocenters. The highest BCUT2D eigenvalue weighted by atomic mass is 35.5. The Bertz CT molecular complexity index is 1430. The zero-order valence-corrected chi connectivity index (χ0v) is 20.4. The first-order chi connectivity index (χ1) is 16.7. The standard InChI is InChI=1S/C26H22Cl2N4O3/c1-15-8-10-20(14-21(15)28)30-24(33)23-13-18-12-19(27)9-11-22(18)32(23)31-26(35)25(34)29-16(2)17-6-4-3-5-7-17/h3-14,16H,1-2H3,(H,29,34)(H,30,33)(H,31,35)/t16-/m0/s1. The summed E-state index contributed by atoms with van der Waals surface area (Å²) in [6.45, 7) is 3.63. The summed E-state index contributed by atoms with van der Waals surface area (Å²) in [7, 11) is 0. The van der Waals surface area contributed by atoms with Gasteiger partial charge >= 0.3 is 11.8 Å². The molecule has 0 bridgehead atoms. The first kappa shape index (κ1) is 24.3. The van der Waals surface area contributed by atoms with E-state index in [1.165, 1.54) is 4.68 Å². The van der Waals surface area contributed by atoms with Crippen LogP contribution in [0.5, 0.6) is 0 Å². The average Bonchev–Trinajstić information content (AvgIpc) is 3.19. The summed E-state index contributed by atoms with van der Waals surface area (Å²) in [6.07, 6.45) is 0. The van der Waals surface area contributed by atoms with Gasteiger partial charge in [-0.25, -0.2) is 4.68 Å². The van der Waals surface area contributed by atoms with E-state index in [1.54, 1.807) is 49.4 Å². The van der Waals surface area contributed by atoms with Crippen LogP contribution in [0.2, 0.25) is 10.0 Å². The molecule has 3 N–H and O–H groups in total. The van der Waals surface area contributed by atoms with Crippen molar-refractivity contribution in [1.29, 1.82) is 0 Å². The number of aryl methyl sites for hydroxylation is 1. The molecule has 4 rings (SSSR count). The van der Waals surface area contributed by atoms with Crippen molar-refractivity contribution >= 4 is 57.5 Å². The Morgan fingerprint density at radius 3 is 2.34 bits per heavy atom. The normalized spacial score (nSPS) is 11.7. The lowest BCUT2D eigenvalue weighted by Gasteiger charge is -2.16. The quantitative estimate of drug-likeness (QED) is 0.312. The second-order valence-corrected chi connectivity index (χ2v) is 8.88. The van der Waals surface area contributed by atoms with Gasteiger partial charge in [0.05, 0.1) is 11.6 Å². The number of halogens is 2. The minimum absolute atomic E-state index is 0.108. The molecular weight excluding hydrogens is 487 g/mol. The molecule has 0 fully saturated rings. The van der Waals surface area contributed by atoms with Gasteiger partial charge in [-0.15, -0.1) is 0 Å². The highest BCUT2D eigenvalue weighted by Crippen LogP contribution is 2.25. The molecule has 9 heteroatoms. The van der Waals surface area contributed by atoms with Crippen molar-refractivity contribution in [1.82, 2.24) is 9.99 Å². The highest BCUT2D eigenvalue weighted by Gasteiger charge is 2.22. The molecule has 35 heavy (non-hydrogen) atoms. The van der Waals surface area contributed by atoms with Crippen LogP contribution in [0.1, 0.15) is 34.6 Å². The lowest BCUT2D eigenvalue weighted by molar-refractivity contribution is -0.137. The van der Waals surface area contributed by atoms with Gasteiger partial charge in [0.15, 0.2) is 0 Å². The van der Waals surface area contributed by atoms with E-state index < -0.39 is 17.7 Å². The van der Waals surface area contributed by atoms with Gasteiger partial charge < -0.3 is 10.6 Å². The van der Waals surface area contributed by atoms with Crippen LogP contribution in [0.4, 0.5) is 5.69 Å². The fourth-order valence-corrected chi connectivity index (χ4v) is 3.94. The molecule has 0 aliphatic carbocycles. The van der Waals surface area contributed by atoms with E-state index in [9.17, 15) is 14.4 Å². The van der Waals surface area contributed by atoms with E-state index in [-0.39, 0.29) is 11.7 Å². The molecule has 1 atom stereocenters. The Hall–Kier alpha value is -3.81. The van der Waals surface area contributed by atoms with Crippen LogP contribution in [-0.4, -0.2) is 22.4 Å². The van der Waals surface area contributed by atoms with Crippen LogP contribution >= 0.6 is 23.2 Å². The molecule has 7 nitrogen and oxygen atoms in total. The third-order valence-corrected chi connectivity index (χ3v) is 6.13. The second kappa shape index (κ2) is 10.2. The molecule has 0 saturated carbocycles. The van der Waals surface area contributed by atoms with Crippen LogP contribution in [0.15, 0.2) is 72.8 Å². The number of nitrogens with one attached hydrogen (secondary N) is 3. The first-order valence-corrected chi connectivity index (χ1v) is 11.5. The number of anilines is 1. The molecule has 0 spiro atoms. The Morgan fingerprint density at radius 1 is 0.886 bits per heavy atom. The smallest absolute Gasteiger partial charge is 0.328 e. The number of fused-ring (bicyclic) bond motifs is 1. The highest BCUT2D eigenvalue weighted by molar-refractivity contribution is 6.38. The fourth-order valence-electron chi connectivity index (χ4n) is 3.58. The van der Waals surface area contributed by atoms with Crippen molar-refractivity contribution in [2.24, 2.45) is 0 Å². The second-order valence-electron chi connectivity index (χ2n) is 8.03. The Morgan fingerprint density at radius 2 is 1.63 bits per heavy atom. The van der Waals surface area contributed by atoms with Gasteiger partial charge in [-0.1, -0.05) is 59.6 Å². The lowest BCUT2D eigenvalue weighted by atomic mass is 10.1. The fraction of sp³-hybridized carbons (Fsp3) is 0.115. The van der Waals surface area contributed by atoms with Crippen LogP contribution in [0, 0.1) is 6.92 Å². The first-order valence-electron chi connectivity index (χ1n) is 10.8. The van der Waals surface area contributed by atoms with Gasteiger partial charge in [-0.2, -0.15) is 0 Å². The van der Waals surface area contributed by atoms with Crippen molar-refractivity contribution in [2.45, 2.75) is 19.9 Å². The zero-order chi connectivity index (χ0) is 25.1. The number of benzene rings is 3. The number of rotatable bonds is 5. The van der Waals surface area contributed by atoms with E-state index in [0.717, 1.165) is 11.1 Å². The number of aromatic nitrogens is 1. The Labute approximate surface area is 212 Å². The summed E-state index contributed by atoms with van der Waals surface area (Å²) in [6, 6.07) is 20.6. The maximum absolute atomic E-state index is 13.1. The predicted octanol–water partition coefficient (Wildman–Crippen LogP) is 5.46. The van der Waals surface area contributed by atoms with Crippen molar-refractivity contribution in [3.63, 3.8) is 0 Å². The SMILES string of the molecule is Cc1ccc(NC(=O)c2cc3cc(Cl)ccc3n2NC(=O)C(=O)N[C@@H](C)c2ccccc2)cc1Cl. The summed E-state index contributed by atoms with van der Waals surface area (Å²) in [5.74, 6) is -2.27. The van der Waals surface area contributed by atoms with E-state index >= 15 is 0 Å². The topological polar surface area (TPSA) is 92.2 Å². The van der Waals surface area contributed by atoms with Crippen molar-refractivity contribution in [2.75, 3.05) is 10.7 Å². The molecule has 0 aliphatic rings. The summed E-state index contributed by atoms with van der Waals surface area (Å²) >= 11 is 12.3. The maximum Gasteiger partial charge on any atom is 0.328 e. The summed E-state index contributed by atoms with van der Waals surface area (Å²) in [5.41, 5.74) is 5.35. The molecule has 3 aromatic carbocycles. The van der Waals surface area contributed by atoms with E-state index in [1.807, 2.05) is 37.3 Å². The van der Waals surface area contributed by atoms with Crippen LogP contribution in [-0.2, 0) is 9.59 Å². The van der Waals surface area contributed by atoms with E-state index in [2.05, 4.69) is 16.1 Å². The van der Waals surface area contributed by atoms with Gasteiger partial charge in [0.1, 0.15) is 5.69 Å². The number of hydrogen-bond acceptors (Lipinski definition) is 3. The van der Waals surface area contributed by atoms with Gasteiger partial charge in [0.2, 0.25) is 0 Å². The zero-order valence-electron chi connectivity index (χ0n) is 18.9. The Balaban J connectivity index is 1.60. The largest absolute Gasteiger partial charge is 0.341 e. The maximum atomic E-state index is 13.1. The van der Waals surface area contributed by atoms with Crippen molar-refractivity contribution in [3.8, 4) is 0 Å². The predicted molar refractivity (Wildman–Crippen MR) is 138 cm³/mol. The van der Waals surface area contributed by atoms with Gasteiger partial charge in [0, 0.05) is 21.1 Å². The molecule has 0 radical (unpaired) electrons. The van der Waals surface area contributed by atoms with Crippen LogP contribution < -0.4 is 16.1 Å². The third-order valence-electron chi connectivity index (χ3n) is 5.49. The number of carbonyl (C=O) groups excluding carboxylic acids is 3. The minimum atomic E-state index is -0.923. The number of hydrogen-bond donors (Lipinski definition) is 3. The average molecular weight is 509 g/mol. The van der Waals surface area contributed by atoms with E-state index in [4.69, 9.17) is 23.2 Å². The van der Waals surface area contributed by atoms with Gasteiger partial charge in [-0.3, -0.25) is 19.8 Å². The van der Waals surface area contributed by atoms with Gasteiger partial charge in [-0.05, 0) is 61.4 Å². The molecule has 0 aliphatic heterocycles. The summed E-state index contributed by atoms with van der Waals surface area (Å²) in [4.78, 5) is 38.5. The summed E-state index contributed by atoms with van der Waals surface area (Å²) in [5, 5.41) is 7.02. The monoisotopic (exact) mass is 508 g/mol. The number of nitrogens with zero attached hydrogens (tertiary/aromatic N) is 1. The molecule has 178 valence electrons. The number of amides is 3. The third kappa shape index (κ3) is 5.48. The molecule has 1 heterocycles. The van der Waals surface area contributed by atoms with Gasteiger partial charge in [0.25, 0.3) is 5.91 Å². The molecule has 4 aromatic rings. The number of carbonyl (C=O) groups is 3. The lowest BCUT2D eigenvalue weighted by Crippen LogP contribution is -2.40. The van der Waals surface area contributed by atoms with E-state index in [0.29, 0.717) is 26.6 Å². The molecule has 0 saturated heterocycles. The summed E-state index contributed by atoms with van der Waals surface area (Å²) < 4.78 is 1.27. The molecule has 3 amide bonds. The molecular formula is C26H22Cl2N4O3.